The molecule has 19 heavy (non-hydrogen) atoms. The lowest BCUT2D eigenvalue weighted by Crippen LogP contribution is -2.21. The largest absolute Gasteiger partial charge is 0.463 e. The standard InChI is InChI=1S/C14H24O4.CH4/c1-2-3-4-5-6-7-8-9-10-14(17)18-12-13(16)11-15;/h5-6,8-9,13,15-16H,2-4,7,10-12H2,1H3;1H4/b6-5-,9-8-;. The third-order valence-electron chi connectivity index (χ3n) is 2.26. The fraction of sp³-hybridized carbons (Fsp3) is 0.667. The highest BCUT2D eigenvalue weighted by Crippen LogP contribution is 1.98. The molecule has 0 aliphatic rings. The number of allylic oxidation sites excluding steroid dienone is 3. The first kappa shape index (κ1) is 20.2. The van der Waals surface area contributed by atoms with E-state index in [4.69, 9.17) is 14.9 Å². The summed E-state index contributed by atoms with van der Waals surface area (Å²) in [6, 6.07) is 0. The maximum absolute atomic E-state index is 11.2. The van der Waals surface area contributed by atoms with E-state index in [0.717, 1.165) is 12.8 Å². The van der Waals surface area contributed by atoms with Gasteiger partial charge in [0, 0.05) is 0 Å². The molecule has 2 N–H and O–H groups in total. The minimum absolute atomic E-state index is 0. The molecule has 0 heterocycles. The number of aliphatic hydroxyl groups excluding tert-OH is 2. The summed E-state index contributed by atoms with van der Waals surface area (Å²) >= 11 is 0. The van der Waals surface area contributed by atoms with Crippen LogP contribution >= 0.6 is 0 Å². The third kappa shape index (κ3) is 14.8. The number of aliphatic hydroxyl groups is 2. The number of unbranched alkanes of at least 4 members (excludes halogenated alkanes) is 2. The molecule has 0 amide bonds. The van der Waals surface area contributed by atoms with Gasteiger partial charge in [0.25, 0.3) is 0 Å². The second-order valence-electron chi connectivity index (χ2n) is 4.04. The monoisotopic (exact) mass is 272 g/mol. The van der Waals surface area contributed by atoms with E-state index in [1.165, 1.54) is 12.8 Å². The van der Waals surface area contributed by atoms with Crippen molar-refractivity contribution in [3.05, 3.63) is 24.3 Å². The van der Waals surface area contributed by atoms with Gasteiger partial charge in [-0.25, -0.2) is 0 Å². The molecule has 0 radical (unpaired) electrons. The van der Waals surface area contributed by atoms with Crippen LogP contribution in [0, 0.1) is 0 Å². The Kier molecular flexibility index (Phi) is 15.9. The molecule has 0 aliphatic carbocycles. The molecule has 0 aromatic carbocycles. The Balaban J connectivity index is 0. The van der Waals surface area contributed by atoms with Crippen molar-refractivity contribution in [2.24, 2.45) is 0 Å². The summed E-state index contributed by atoms with van der Waals surface area (Å²) in [4.78, 5) is 11.2. The average Bonchev–Trinajstić information content (AvgIpc) is 2.39. The van der Waals surface area contributed by atoms with Gasteiger partial charge in [0.15, 0.2) is 0 Å². The van der Waals surface area contributed by atoms with E-state index in [2.05, 4.69) is 19.1 Å². The number of hydrogen-bond acceptors (Lipinski definition) is 4. The van der Waals surface area contributed by atoms with Gasteiger partial charge in [0.05, 0.1) is 13.0 Å². The van der Waals surface area contributed by atoms with Crippen LogP contribution in [-0.4, -0.2) is 35.5 Å². The van der Waals surface area contributed by atoms with Crippen LogP contribution in [0.5, 0.6) is 0 Å². The van der Waals surface area contributed by atoms with Crippen molar-refractivity contribution in [1.82, 2.24) is 0 Å². The molecule has 0 aromatic rings. The number of carbonyl (C=O) groups is 1. The van der Waals surface area contributed by atoms with E-state index in [1.807, 2.05) is 6.08 Å². The summed E-state index contributed by atoms with van der Waals surface area (Å²) in [5.41, 5.74) is 0. The maximum Gasteiger partial charge on any atom is 0.309 e. The zero-order valence-electron chi connectivity index (χ0n) is 11.0. The van der Waals surface area contributed by atoms with E-state index in [9.17, 15) is 4.79 Å². The molecule has 0 aromatic heterocycles. The van der Waals surface area contributed by atoms with Crippen LogP contribution in [0.4, 0.5) is 0 Å². The Morgan fingerprint density at radius 1 is 1.26 bits per heavy atom. The Morgan fingerprint density at radius 2 is 1.95 bits per heavy atom. The number of hydrogen-bond donors (Lipinski definition) is 2. The molecule has 0 saturated carbocycles. The summed E-state index contributed by atoms with van der Waals surface area (Å²) in [6.45, 7) is 1.61. The van der Waals surface area contributed by atoms with E-state index in [-0.39, 0.29) is 20.5 Å². The summed E-state index contributed by atoms with van der Waals surface area (Å²) in [5, 5.41) is 17.5. The highest BCUT2D eigenvalue weighted by Gasteiger charge is 2.05. The second kappa shape index (κ2) is 14.9. The lowest BCUT2D eigenvalue weighted by atomic mass is 10.2. The molecule has 1 unspecified atom stereocenters. The van der Waals surface area contributed by atoms with Crippen LogP contribution in [0.15, 0.2) is 24.3 Å². The maximum atomic E-state index is 11.2. The van der Waals surface area contributed by atoms with Crippen LogP contribution in [-0.2, 0) is 9.53 Å². The van der Waals surface area contributed by atoms with Crippen molar-refractivity contribution in [3.8, 4) is 0 Å². The van der Waals surface area contributed by atoms with Gasteiger partial charge in [0.1, 0.15) is 12.7 Å². The molecule has 0 aliphatic heterocycles. The summed E-state index contributed by atoms with van der Waals surface area (Å²) in [5.74, 6) is -0.395. The van der Waals surface area contributed by atoms with Crippen molar-refractivity contribution >= 4 is 5.97 Å². The molecular formula is C15H28O4. The zero-order valence-corrected chi connectivity index (χ0v) is 11.0. The van der Waals surface area contributed by atoms with E-state index in [0.29, 0.717) is 0 Å². The fourth-order valence-electron chi connectivity index (χ4n) is 1.19. The highest BCUT2D eigenvalue weighted by atomic mass is 16.5. The van der Waals surface area contributed by atoms with E-state index < -0.39 is 18.7 Å². The summed E-state index contributed by atoms with van der Waals surface area (Å²) in [6.07, 6.45) is 11.4. The van der Waals surface area contributed by atoms with Crippen LogP contribution in [0.3, 0.4) is 0 Å². The van der Waals surface area contributed by atoms with Gasteiger partial charge in [0.2, 0.25) is 0 Å². The minimum atomic E-state index is -0.987. The fourth-order valence-corrected chi connectivity index (χ4v) is 1.19. The second-order valence-corrected chi connectivity index (χ2v) is 4.04. The average molecular weight is 272 g/mol. The highest BCUT2D eigenvalue weighted by molar-refractivity contribution is 5.71. The minimum Gasteiger partial charge on any atom is -0.463 e. The van der Waals surface area contributed by atoms with Crippen LogP contribution in [0.2, 0.25) is 0 Å². The van der Waals surface area contributed by atoms with Crippen molar-refractivity contribution in [2.75, 3.05) is 13.2 Å². The van der Waals surface area contributed by atoms with Gasteiger partial charge in [-0.15, -0.1) is 0 Å². The molecular weight excluding hydrogens is 244 g/mol. The number of rotatable bonds is 10. The molecule has 0 rings (SSSR count). The van der Waals surface area contributed by atoms with Crippen molar-refractivity contribution < 1.29 is 19.7 Å². The Bertz CT molecular complexity index is 259. The van der Waals surface area contributed by atoms with Crippen LogP contribution in [0.25, 0.3) is 0 Å². The van der Waals surface area contributed by atoms with Gasteiger partial charge >= 0.3 is 5.97 Å². The van der Waals surface area contributed by atoms with Crippen molar-refractivity contribution in [1.29, 1.82) is 0 Å². The predicted molar refractivity (Wildman–Crippen MR) is 77.8 cm³/mol. The van der Waals surface area contributed by atoms with Gasteiger partial charge in [-0.3, -0.25) is 4.79 Å². The zero-order chi connectivity index (χ0) is 13.6. The first-order valence-electron chi connectivity index (χ1n) is 6.45. The van der Waals surface area contributed by atoms with Gasteiger partial charge in [-0.2, -0.15) is 0 Å². The molecule has 4 nitrogen and oxygen atoms in total. The van der Waals surface area contributed by atoms with Crippen LogP contribution in [0.1, 0.15) is 46.5 Å². The molecule has 1 atom stereocenters. The Labute approximate surface area is 116 Å². The van der Waals surface area contributed by atoms with Gasteiger partial charge < -0.3 is 14.9 Å². The number of ether oxygens (including phenoxy) is 1. The van der Waals surface area contributed by atoms with Gasteiger partial charge in [-0.05, 0) is 12.8 Å². The number of carbonyl (C=O) groups excluding carboxylic acids is 1. The molecule has 0 fully saturated rings. The van der Waals surface area contributed by atoms with Crippen LogP contribution < -0.4 is 0 Å². The third-order valence-corrected chi connectivity index (χ3v) is 2.26. The topological polar surface area (TPSA) is 66.8 Å². The SMILES string of the molecule is C.CCCC/C=C\C/C=C\CC(=O)OCC(O)CO. The lowest BCUT2D eigenvalue weighted by molar-refractivity contribution is -0.146. The quantitative estimate of drug-likeness (QED) is 0.364. The summed E-state index contributed by atoms with van der Waals surface area (Å²) < 4.78 is 4.74. The van der Waals surface area contributed by atoms with E-state index in [1.54, 1.807) is 6.08 Å². The van der Waals surface area contributed by atoms with Gasteiger partial charge in [-0.1, -0.05) is 51.5 Å². The molecule has 0 bridgehead atoms. The predicted octanol–water partition coefficient (Wildman–Crippen LogP) is 2.60. The summed E-state index contributed by atoms with van der Waals surface area (Å²) in [7, 11) is 0. The smallest absolute Gasteiger partial charge is 0.309 e. The van der Waals surface area contributed by atoms with E-state index >= 15 is 0 Å². The Morgan fingerprint density at radius 3 is 2.58 bits per heavy atom. The Hall–Kier alpha value is -1.13. The first-order chi connectivity index (χ1) is 8.70. The number of esters is 1. The first-order valence-corrected chi connectivity index (χ1v) is 6.45. The van der Waals surface area contributed by atoms with Crippen molar-refractivity contribution in [3.63, 3.8) is 0 Å². The molecule has 4 heteroatoms. The molecule has 112 valence electrons. The molecule has 0 saturated heterocycles. The molecule has 0 spiro atoms. The normalized spacial score (nSPS) is 12.6. The lowest BCUT2D eigenvalue weighted by Gasteiger charge is -2.06. The van der Waals surface area contributed by atoms with Crippen molar-refractivity contribution in [2.45, 2.75) is 52.6 Å².